The minimum atomic E-state index is -0.710. The average Bonchev–Trinajstić information content (AvgIpc) is 3.17. The third kappa shape index (κ3) is 4.23. The number of nitrogens with zero attached hydrogens (tertiary/aromatic N) is 2. The normalized spacial score (nSPS) is 16.4. The molecule has 0 unspecified atom stereocenters. The Labute approximate surface area is 193 Å². The van der Waals surface area contributed by atoms with E-state index in [2.05, 4.69) is 4.98 Å². The van der Waals surface area contributed by atoms with Gasteiger partial charge in [-0.2, -0.15) is 0 Å². The van der Waals surface area contributed by atoms with E-state index in [1.54, 1.807) is 45.0 Å². The molecule has 0 radical (unpaired) electrons. The number of pyridine rings is 1. The van der Waals surface area contributed by atoms with E-state index in [0.717, 1.165) is 16.5 Å². The number of hydrogen-bond donors (Lipinski definition) is 1. The van der Waals surface area contributed by atoms with Gasteiger partial charge in [0.25, 0.3) is 5.56 Å². The Bertz CT molecular complexity index is 1270. The monoisotopic (exact) mass is 447 g/mol. The highest BCUT2D eigenvalue weighted by Gasteiger charge is 2.42. The molecule has 0 bridgehead atoms. The zero-order valence-corrected chi connectivity index (χ0v) is 19.6. The number of aromatic amines is 1. The van der Waals surface area contributed by atoms with E-state index < -0.39 is 17.7 Å². The fourth-order valence-electron chi connectivity index (χ4n) is 4.33. The first-order valence-corrected chi connectivity index (χ1v) is 11.1. The summed E-state index contributed by atoms with van der Waals surface area (Å²) in [6, 6.07) is 13.8. The van der Waals surface area contributed by atoms with Gasteiger partial charge in [-0.25, -0.2) is 4.79 Å². The van der Waals surface area contributed by atoms with Crippen molar-refractivity contribution in [3.05, 3.63) is 76.2 Å². The zero-order chi connectivity index (χ0) is 23.9. The van der Waals surface area contributed by atoms with Gasteiger partial charge in [0.1, 0.15) is 11.6 Å². The summed E-state index contributed by atoms with van der Waals surface area (Å²) in [5.41, 5.74) is 1.60. The summed E-state index contributed by atoms with van der Waals surface area (Å²) in [5, 5.41) is 1.37. The number of nitrogens with one attached hydrogen (secondary N) is 1. The van der Waals surface area contributed by atoms with Gasteiger partial charge in [0.2, 0.25) is 5.91 Å². The standard InChI is InChI=1S/C26H29N3O4/c1-16(20-15-27-23(30)19-12-8-7-11-18(19)20)28(5)24(31)22-14-17-10-6-9-13-21(17)29(22)25(32)33-26(2,3)4/h6-13,15-16,22H,14H2,1-5H3,(H,27,30)/t16-,22+/m1/s1. The van der Waals surface area contributed by atoms with Gasteiger partial charge in [-0.15, -0.1) is 0 Å². The number of fused-ring (bicyclic) bond motifs is 2. The molecule has 0 spiro atoms. The Balaban J connectivity index is 1.67. The van der Waals surface area contributed by atoms with Crippen LogP contribution in [0.25, 0.3) is 10.8 Å². The first-order valence-electron chi connectivity index (χ1n) is 11.1. The topological polar surface area (TPSA) is 82.7 Å². The number of amides is 2. The molecule has 2 atom stereocenters. The number of aromatic nitrogens is 1. The molecule has 2 aromatic carbocycles. The molecule has 7 heteroatoms. The fourth-order valence-corrected chi connectivity index (χ4v) is 4.33. The Morgan fingerprint density at radius 3 is 2.42 bits per heavy atom. The molecule has 4 rings (SSSR count). The van der Waals surface area contributed by atoms with E-state index in [1.165, 1.54) is 4.90 Å². The van der Waals surface area contributed by atoms with E-state index in [1.807, 2.05) is 49.4 Å². The molecule has 1 N–H and O–H groups in total. The summed E-state index contributed by atoms with van der Waals surface area (Å²) in [5.74, 6) is -0.195. The molecule has 3 aromatic rings. The van der Waals surface area contributed by atoms with Crippen molar-refractivity contribution >= 4 is 28.5 Å². The lowest BCUT2D eigenvalue weighted by molar-refractivity contribution is -0.133. The van der Waals surface area contributed by atoms with Crippen molar-refractivity contribution in [2.24, 2.45) is 0 Å². The highest BCUT2D eigenvalue weighted by Crippen LogP contribution is 2.35. The van der Waals surface area contributed by atoms with Gasteiger partial charge in [0.05, 0.1) is 11.7 Å². The number of benzene rings is 2. The van der Waals surface area contributed by atoms with E-state index in [9.17, 15) is 14.4 Å². The maximum absolute atomic E-state index is 13.7. The summed E-state index contributed by atoms with van der Waals surface area (Å²) in [6.07, 6.45) is 1.53. The van der Waals surface area contributed by atoms with Crippen LogP contribution in [0.15, 0.2) is 59.5 Å². The van der Waals surface area contributed by atoms with Crippen LogP contribution in [0, 0.1) is 0 Å². The number of anilines is 1. The number of carbonyl (C=O) groups is 2. The molecule has 33 heavy (non-hydrogen) atoms. The Hall–Kier alpha value is -3.61. The van der Waals surface area contributed by atoms with Crippen LogP contribution >= 0.6 is 0 Å². The van der Waals surface area contributed by atoms with Crippen molar-refractivity contribution in [1.29, 1.82) is 0 Å². The van der Waals surface area contributed by atoms with Crippen LogP contribution in [0.3, 0.4) is 0 Å². The first kappa shape index (κ1) is 22.6. The molecular formula is C26H29N3O4. The van der Waals surface area contributed by atoms with Crippen LogP contribution in [0.1, 0.15) is 44.9 Å². The van der Waals surface area contributed by atoms with Gasteiger partial charge in [-0.1, -0.05) is 36.4 Å². The molecule has 2 heterocycles. The van der Waals surface area contributed by atoms with Gasteiger partial charge in [0, 0.05) is 25.1 Å². The number of carbonyl (C=O) groups excluding carboxylic acids is 2. The van der Waals surface area contributed by atoms with Crippen LogP contribution in [0.2, 0.25) is 0 Å². The van der Waals surface area contributed by atoms with Crippen molar-refractivity contribution in [2.45, 2.75) is 51.8 Å². The Morgan fingerprint density at radius 2 is 1.73 bits per heavy atom. The summed E-state index contributed by atoms with van der Waals surface area (Å²) >= 11 is 0. The van der Waals surface area contributed by atoms with Crippen molar-refractivity contribution in [2.75, 3.05) is 11.9 Å². The minimum Gasteiger partial charge on any atom is -0.443 e. The van der Waals surface area contributed by atoms with E-state index in [0.29, 0.717) is 17.5 Å². The summed E-state index contributed by atoms with van der Waals surface area (Å²) in [7, 11) is 1.73. The first-order chi connectivity index (χ1) is 15.6. The average molecular weight is 448 g/mol. The van der Waals surface area contributed by atoms with Crippen LogP contribution in [-0.2, 0) is 16.0 Å². The molecule has 1 aromatic heterocycles. The number of likely N-dealkylation sites (N-methyl/N-ethyl adjacent to an activating group) is 1. The van der Waals surface area contributed by atoms with Crippen molar-refractivity contribution in [3.8, 4) is 0 Å². The predicted molar refractivity (Wildman–Crippen MR) is 128 cm³/mol. The number of para-hydroxylation sites is 1. The number of rotatable bonds is 3. The summed E-state index contributed by atoms with van der Waals surface area (Å²) < 4.78 is 5.63. The largest absolute Gasteiger partial charge is 0.443 e. The lowest BCUT2D eigenvalue weighted by Crippen LogP contribution is -2.50. The van der Waals surface area contributed by atoms with Gasteiger partial charge >= 0.3 is 6.09 Å². The maximum atomic E-state index is 13.7. The molecule has 0 fully saturated rings. The molecule has 0 saturated heterocycles. The third-order valence-electron chi connectivity index (χ3n) is 6.07. The van der Waals surface area contributed by atoms with Gasteiger partial charge < -0.3 is 14.6 Å². The van der Waals surface area contributed by atoms with E-state index in [4.69, 9.17) is 4.74 Å². The molecule has 7 nitrogen and oxygen atoms in total. The second-order valence-electron chi connectivity index (χ2n) is 9.44. The summed E-state index contributed by atoms with van der Waals surface area (Å²) in [6.45, 7) is 7.33. The van der Waals surface area contributed by atoms with Gasteiger partial charge in [-0.3, -0.25) is 14.5 Å². The highest BCUT2D eigenvalue weighted by molar-refractivity contribution is 6.01. The molecule has 2 amide bonds. The van der Waals surface area contributed by atoms with Crippen molar-refractivity contribution in [1.82, 2.24) is 9.88 Å². The molecule has 0 aliphatic carbocycles. The minimum absolute atomic E-state index is 0.169. The Morgan fingerprint density at radius 1 is 1.09 bits per heavy atom. The fraction of sp³-hybridized carbons (Fsp3) is 0.346. The lowest BCUT2D eigenvalue weighted by atomic mass is 10.0. The highest BCUT2D eigenvalue weighted by atomic mass is 16.6. The quantitative estimate of drug-likeness (QED) is 0.645. The second-order valence-corrected chi connectivity index (χ2v) is 9.44. The van der Waals surface area contributed by atoms with Crippen molar-refractivity contribution < 1.29 is 14.3 Å². The van der Waals surface area contributed by atoms with Gasteiger partial charge in [0.15, 0.2) is 0 Å². The molecule has 0 saturated carbocycles. The summed E-state index contributed by atoms with van der Waals surface area (Å²) in [4.78, 5) is 44.9. The van der Waals surface area contributed by atoms with Crippen LogP contribution in [-0.4, -0.2) is 40.6 Å². The molecule has 172 valence electrons. The number of H-pyrrole nitrogens is 1. The SMILES string of the molecule is C[C@H](c1c[nH]c(=O)c2ccccc12)N(C)C(=O)[C@@H]1Cc2ccccc2N1C(=O)OC(C)(C)C. The number of ether oxygens (including phenoxy) is 1. The molecule has 1 aliphatic rings. The van der Waals surface area contributed by atoms with Crippen molar-refractivity contribution in [3.63, 3.8) is 0 Å². The number of hydrogen-bond acceptors (Lipinski definition) is 4. The predicted octanol–water partition coefficient (Wildman–Crippen LogP) is 4.41. The molecule has 1 aliphatic heterocycles. The van der Waals surface area contributed by atoms with E-state index in [-0.39, 0.29) is 17.5 Å². The third-order valence-corrected chi connectivity index (χ3v) is 6.07. The van der Waals surface area contributed by atoms with Crippen LogP contribution in [0.5, 0.6) is 0 Å². The Kier molecular flexibility index (Phi) is 5.74. The second kappa shape index (κ2) is 8.39. The maximum Gasteiger partial charge on any atom is 0.415 e. The molecular weight excluding hydrogens is 418 g/mol. The zero-order valence-electron chi connectivity index (χ0n) is 19.6. The van der Waals surface area contributed by atoms with Gasteiger partial charge in [-0.05, 0) is 56.3 Å². The lowest BCUT2D eigenvalue weighted by Gasteiger charge is -2.33. The van der Waals surface area contributed by atoms with Crippen LogP contribution in [0.4, 0.5) is 10.5 Å². The van der Waals surface area contributed by atoms with E-state index >= 15 is 0 Å². The van der Waals surface area contributed by atoms with Crippen LogP contribution < -0.4 is 10.5 Å². The smallest absolute Gasteiger partial charge is 0.415 e.